The molecule has 0 aromatic carbocycles. The molecular formula is C14H22ClNO9. The Kier molecular flexibility index (Phi) is 9.39. The molecule has 25 heavy (non-hydrogen) atoms. The standard InChI is InChI=1S/C14H21NO9.ClH/c1-6(16)20-5-10-12(21-7(2)17)13(22-8(3)18)11(15)14(24-10)23-9(4)19;/h10-14H,5,15H2,1-4H3;1H/t10?,11?,12-,13+,14+;/m0./s1. The quantitative estimate of drug-likeness (QED) is 0.485. The Bertz CT molecular complexity index is 497. The van der Waals surface area contributed by atoms with E-state index in [0.29, 0.717) is 0 Å². The highest BCUT2D eigenvalue weighted by molar-refractivity contribution is 5.85. The Balaban J connectivity index is 0.00000576. The molecule has 1 aliphatic heterocycles. The Morgan fingerprint density at radius 1 is 0.840 bits per heavy atom. The van der Waals surface area contributed by atoms with Crippen molar-refractivity contribution in [1.29, 1.82) is 0 Å². The average molecular weight is 384 g/mol. The minimum absolute atomic E-state index is 0. The first-order valence-electron chi connectivity index (χ1n) is 7.18. The SMILES string of the molecule is CC(=O)OCC1O[C@@H](OC(C)=O)C(N)[C@@H](OC(C)=O)[C@H]1OC(C)=O.Cl. The highest BCUT2D eigenvalue weighted by Gasteiger charge is 2.50. The third kappa shape index (κ3) is 7.24. The summed E-state index contributed by atoms with van der Waals surface area (Å²) in [5, 5.41) is 0. The highest BCUT2D eigenvalue weighted by Crippen LogP contribution is 2.26. The molecule has 0 bridgehead atoms. The van der Waals surface area contributed by atoms with Crippen LogP contribution < -0.4 is 5.73 Å². The molecule has 144 valence electrons. The van der Waals surface area contributed by atoms with E-state index in [1.165, 1.54) is 6.92 Å². The summed E-state index contributed by atoms with van der Waals surface area (Å²) < 4.78 is 25.5. The lowest BCUT2D eigenvalue weighted by Crippen LogP contribution is -2.65. The molecular weight excluding hydrogens is 362 g/mol. The smallest absolute Gasteiger partial charge is 0.304 e. The maximum Gasteiger partial charge on any atom is 0.304 e. The number of rotatable bonds is 5. The zero-order chi connectivity index (χ0) is 18.4. The van der Waals surface area contributed by atoms with Crippen LogP contribution in [-0.2, 0) is 42.9 Å². The van der Waals surface area contributed by atoms with Crippen LogP contribution >= 0.6 is 12.4 Å². The number of nitrogens with two attached hydrogens (primary N) is 1. The van der Waals surface area contributed by atoms with Gasteiger partial charge in [0.15, 0.2) is 12.2 Å². The van der Waals surface area contributed by atoms with Crippen LogP contribution in [0.4, 0.5) is 0 Å². The molecule has 1 saturated heterocycles. The van der Waals surface area contributed by atoms with Crippen molar-refractivity contribution < 1.29 is 42.9 Å². The summed E-state index contributed by atoms with van der Waals surface area (Å²) in [6.45, 7) is 4.32. The van der Waals surface area contributed by atoms with Gasteiger partial charge in [-0.05, 0) is 0 Å². The monoisotopic (exact) mass is 383 g/mol. The molecule has 0 saturated carbocycles. The van der Waals surface area contributed by atoms with E-state index in [-0.39, 0.29) is 19.0 Å². The van der Waals surface area contributed by atoms with Gasteiger partial charge >= 0.3 is 23.9 Å². The summed E-state index contributed by atoms with van der Waals surface area (Å²) in [6.07, 6.45) is -4.58. The topological polar surface area (TPSA) is 140 Å². The van der Waals surface area contributed by atoms with E-state index in [0.717, 1.165) is 20.8 Å². The van der Waals surface area contributed by atoms with Gasteiger partial charge in [0.25, 0.3) is 0 Å². The second kappa shape index (κ2) is 10.2. The molecule has 2 unspecified atom stereocenters. The third-order valence-corrected chi connectivity index (χ3v) is 3.03. The van der Waals surface area contributed by atoms with Crippen LogP contribution in [0.25, 0.3) is 0 Å². The lowest BCUT2D eigenvalue weighted by molar-refractivity contribution is -0.267. The van der Waals surface area contributed by atoms with Crippen molar-refractivity contribution in [3.63, 3.8) is 0 Å². The van der Waals surface area contributed by atoms with Gasteiger partial charge in [0.1, 0.15) is 18.8 Å². The van der Waals surface area contributed by atoms with Gasteiger partial charge in [-0.2, -0.15) is 0 Å². The van der Waals surface area contributed by atoms with Crippen LogP contribution in [0.1, 0.15) is 27.7 Å². The Morgan fingerprint density at radius 3 is 1.76 bits per heavy atom. The maximum absolute atomic E-state index is 11.3. The summed E-state index contributed by atoms with van der Waals surface area (Å²) in [4.78, 5) is 44.9. The lowest BCUT2D eigenvalue weighted by Gasteiger charge is -2.42. The summed E-state index contributed by atoms with van der Waals surface area (Å²) >= 11 is 0. The number of hydrogen-bond donors (Lipinski definition) is 1. The minimum Gasteiger partial charge on any atom is -0.463 e. The van der Waals surface area contributed by atoms with E-state index >= 15 is 0 Å². The number of ether oxygens (including phenoxy) is 5. The molecule has 11 heteroatoms. The van der Waals surface area contributed by atoms with Crippen molar-refractivity contribution in [3.05, 3.63) is 0 Å². The van der Waals surface area contributed by atoms with Crippen molar-refractivity contribution in [2.24, 2.45) is 5.73 Å². The second-order valence-corrected chi connectivity index (χ2v) is 5.18. The predicted molar refractivity (Wildman–Crippen MR) is 83.4 cm³/mol. The van der Waals surface area contributed by atoms with Gasteiger partial charge in [0.2, 0.25) is 6.29 Å². The number of carbonyl (C=O) groups excluding carboxylic acids is 4. The van der Waals surface area contributed by atoms with Gasteiger partial charge in [0.05, 0.1) is 0 Å². The van der Waals surface area contributed by atoms with Crippen LogP contribution in [-0.4, -0.2) is 61.1 Å². The van der Waals surface area contributed by atoms with Crippen LogP contribution in [0, 0.1) is 0 Å². The Hall–Kier alpha value is -1.91. The van der Waals surface area contributed by atoms with Gasteiger partial charge in [-0.1, -0.05) is 0 Å². The molecule has 1 rings (SSSR count). The molecule has 1 heterocycles. The van der Waals surface area contributed by atoms with Gasteiger partial charge in [-0.15, -0.1) is 12.4 Å². The van der Waals surface area contributed by atoms with Gasteiger partial charge in [-0.25, -0.2) is 0 Å². The number of esters is 4. The van der Waals surface area contributed by atoms with Crippen molar-refractivity contribution in [1.82, 2.24) is 0 Å². The zero-order valence-corrected chi connectivity index (χ0v) is 15.1. The van der Waals surface area contributed by atoms with E-state index in [1.807, 2.05) is 0 Å². The Morgan fingerprint density at radius 2 is 1.32 bits per heavy atom. The summed E-state index contributed by atoms with van der Waals surface area (Å²) in [7, 11) is 0. The maximum atomic E-state index is 11.3. The fourth-order valence-electron chi connectivity index (χ4n) is 2.20. The molecule has 2 N–H and O–H groups in total. The predicted octanol–water partition coefficient (Wildman–Crippen LogP) is -0.550. The van der Waals surface area contributed by atoms with Crippen molar-refractivity contribution in [2.75, 3.05) is 6.61 Å². The molecule has 0 aromatic heterocycles. The average Bonchev–Trinajstić information content (AvgIpc) is 2.42. The van der Waals surface area contributed by atoms with E-state index in [4.69, 9.17) is 29.4 Å². The van der Waals surface area contributed by atoms with Crippen molar-refractivity contribution in [3.8, 4) is 0 Å². The molecule has 0 aliphatic carbocycles. The van der Waals surface area contributed by atoms with E-state index in [2.05, 4.69) is 0 Å². The molecule has 1 fully saturated rings. The minimum atomic E-state index is -1.26. The van der Waals surface area contributed by atoms with Crippen molar-refractivity contribution >= 4 is 36.3 Å². The molecule has 0 amide bonds. The third-order valence-electron chi connectivity index (χ3n) is 3.03. The molecule has 10 nitrogen and oxygen atoms in total. The van der Waals surface area contributed by atoms with Crippen LogP contribution in [0.2, 0.25) is 0 Å². The fraction of sp³-hybridized carbons (Fsp3) is 0.714. The number of hydrogen-bond acceptors (Lipinski definition) is 10. The van der Waals surface area contributed by atoms with Crippen molar-refractivity contribution in [2.45, 2.75) is 58.3 Å². The van der Waals surface area contributed by atoms with Gasteiger partial charge in [-0.3, -0.25) is 19.2 Å². The lowest BCUT2D eigenvalue weighted by atomic mass is 9.97. The molecule has 0 radical (unpaired) electrons. The van der Waals surface area contributed by atoms with Crippen LogP contribution in [0.5, 0.6) is 0 Å². The van der Waals surface area contributed by atoms with Crippen LogP contribution in [0.3, 0.4) is 0 Å². The van der Waals surface area contributed by atoms with Gasteiger partial charge < -0.3 is 29.4 Å². The van der Waals surface area contributed by atoms with E-state index < -0.39 is 54.5 Å². The largest absolute Gasteiger partial charge is 0.463 e. The fourth-order valence-corrected chi connectivity index (χ4v) is 2.20. The second-order valence-electron chi connectivity index (χ2n) is 5.18. The van der Waals surface area contributed by atoms with Gasteiger partial charge in [0, 0.05) is 27.7 Å². The summed E-state index contributed by atoms with van der Waals surface area (Å²) in [5.74, 6) is -2.62. The molecule has 0 aromatic rings. The van der Waals surface area contributed by atoms with Crippen LogP contribution in [0.15, 0.2) is 0 Å². The normalized spacial score (nSPS) is 28.1. The summed E-state index contributed by atoms with van der Waals surface area (Å²) in [5.41, 5.74) is 5.93. The number of halogens is 1. The Labute approximate surface area is 150 Å². The van der Waals surface area contributed by atoms with E-state index in [9.17, 15) is 19.2 Å². The summed E-state index contributed by atoms with van der Waals surface area (Å²) in [6, 6.07) is -1.10. The first kappa shape index (κ1) is 23.1. The first-order chi connectivity index (χ1) is 11.1. The molecule has 1 aliphatic rings. The molecule has 0 spiro atoms. The first-order valence-corrected chi connectivity index (χ1v) is 7.18. The molecule has 5 atom stereocenters. The van der Waals surface area contributed by atoms with E-state index in [1.54, 1.807) is 0 Å². The highest BCUT2D eigenvalue weighted by atomic mass is 35.5. The zero-order valence-electron chi connectivity index (χ0n) is 14.3. The number of carbonyl (C=O) groups is 4.